The number of halogens is 4. The Balaban J connectivity index is 1.03. The number of pyridine rings is 1. The van der Waals surface area contributed by atoms with Crippen LogP contribution in [0.25, 0.3) is 11.1 Å². The Morgan fingerprint density at radius 3 is 2.31 bits per heavy atom. The van der Waals surface area contributed by atoms with Crippen LogP contribution in [0.3, 0.4) is 0 Å². The Bertz CT molecular complexity index is 2540. The lowest BCUT2D eigenvalue weighted by atomic mass is 9.96. The summed E-state index contributed by atoms with van der Waals surface area (Å²) in [5.41, 5.74) is -1.03. The summed E-state index contributed by atoms with van der Waals surface area (Å²) in [5.74, 6) is -4.49. The number of imide groups is 2. The lowest BCUT2D eigenvalue weighted by molar-refractivity contribution is -0.138. The first-order valence-corrected chi connectivity index (χ1v) is 20.3. The lowest BCUT2D eigenvalue weighted by Gasteiger charge is -2.44. The molecule has 7 rings (SSSR count). The summed E-state index contributed by atoms with van der Waals surface area (Å²) in [5, 5.41) is 4.77. The molecule has 13 nitrogen and oxygen atoms in total. The van der Waals surface area contributed by atoms with Gasteiger partial charge in [-0.3, -0.25) is 48.7 Å². The number of nitrogens with one attached hydrogen (secondary N) is 3. The van der Waals surface area contributed by atoms with E-state index in [4.69, 9.17) is 0 Å². The van der Waals surface area contributed by atoms with E-state index in [1.165, 1.54) is 24.3 Å². The summed E-state index contributed by atoms with van der Waals surface area (Å²) >= 11 is 0. The number of rotatable bonds is 12. The number of amides is 5. The highest BCUT2D eigenvalue weighted by Crippen LogP contribution is 2.37. The average molecular weight is 857 g/mol. The maximum atomic E-state index is 15.9. The zero-order chi connectivity index (χ0) is 44.6. The van der Waals surface area contributed by atoms with Crippen LogP contribution in [0, 0.1) is 5.82 Å². The van der Waals surface area contributed by atoms with Crippen molar-refractivity contribution < 1.29 is 46.3 Å². The SMILES string of the molecule is C[C@@H]1CN(c2ccc(-c3ccc(C(=O)CCCCCc4cccc5c4C(=O)N(C4CCC(=O)NC4=O)C5=O)cc3F)cc2NC(=O)c2c[nH]c(=O)cc2C(F)(F)F)C[C@H](C)N1C. The van der Waals surface area contributed by atoms with Crippen LogP contribution in [-0.2, 0) is 22.2 Å². The van der Waals surface area contributed by atoms with Crippen LogP contribution < -0.4 is 21.1 Å². The molecular weight excluding hydrogens is 813 g/mol. The van der Waals surface area contributed by atoms with Gasteiger partial charge in [0.15, 0.2) is 5.78 Å². The number of piperazine rings is 1. The van der Waals surface area contributed by atoms with Crippen molar-refractivity contribution >= 4 is 46.7 Å². The smallest absolute Gasteiger partial charge is 0.367 e. The molecule has 324 valence electrons. The van der Waals surface area contributed by atoms with Crippen LogP contribution in [0.2, 0.25) is 0 Å². The van der Waals surface area contributed by atoms with Gasteiger partial charge < -0.3 is 15.2 Å². The molecule has 2 saturated heterocycles. The number of fused-ring (bicyclic) bond motifs is 1. The minimum atomic E-state index is -4.99. The molecule has 3 N–H and O–H groups in total. The normalized spacial score (nSPS) is 19.4. The monoisotopic (exact) mass is 856 g/mol. The maximum absolute atomic E-state index is 15.9. The highest BCUT2D eigenvalue weighted by molar-refractivity contribution is 6.24. The number of benzene rings is 3. The Kier molecular flexibility index (Phi) is 12.3. The summed E-state index contributed by atoms with van der Waals surface area (Å²) in [4.78, 5) is 96.3. The van der Waals surface area contributed by atoms with Crippen molar-refractivity contribution in [2.45, 2.75) is 83.1 Å². The number of likely N-dealkylation sites (N-methyl/N-ethyl adjacent to an activating group) is 1. The van der Waals surface area contributed by atoms with Crippen LogP contribution in [0.5, 0.6) is 0 Å². The van der Waals surface area contributed by atoms with Crippen LogP contribution in [0.15, 0.2) is 71.7 Å². The van der Waals surface area contributed by atoms with E-state index in [0.717, 1.165) is 11.0 Å². The average Bonchev–Trinajstić information content (AvgIpc) is 3.47. The molecule has 5 amide bonds. The standard InChI is InChI=1S/C45H44F4N6O7/c1-24-22-54(23-25(2)53(24)3)35-15-13-27(19-34(35)51-41(59)31-21-50-39(58)20-32(31)45(47,48)49)29-14-12-28(18-33(29)46)37(56)11-6-4-5-8-26-9-7-10-30-40(26)44(62)55(43(30)61)36-16-17-38(57)52-42(36)60/h7,9-10,12-15,18-21,24-25,36H,4-6,8,11,16-17,22-23H2,1-3H3,(H,50,58)(H,51,59)(H,52,57,60)/t24-,25+,36?. The number of aromatic nitrogens is 1. The summed E-state index contributed by atoms with van der Waals surface area (Å²) < 4.78 is 57.6. The van der Waals surface area contributed by atoms with E-state index in [2.05, 4.69) is 20.5 Å². The van der Waals surface area contributed by atoms with Crippen LogP contribution >= 0.6 is 0 Å². The van der Waals surface area contributed by atoms with Crippen LogP contribution in [-0.4, -0.2) is 88.4 Å². The summed E-state index contributed by atoms with van der Waals surface area (Å²) in [7, 11) is 1.98. The number of hydrogen-bond acceptors (Lipinski definition) is 9. The second kappa shape index (κ2) is 17.5. The van der Waals surface area contributed by atoms with Gasteiger partial charge in [0.2, 0.25) is 17.4 Å². The fourth-order valence-electron chi connectivity index (χ4n) is 8.40. The van der Waals surface area contributed by atoms with Crippen LogP contribution in [0.4, 0.5) is 28.9 Å². The molecule has 0 bridgehead atoms. The number of hydrogen-bond donors (Lipinski definition) is 3. The van der Waals surface area contributed by atoms with E-state index in [-0.39, 0.29) is 65.1 Å². The molecule has 4 aromatic rings. The number of ketones is 1. The van der Waals surface area contributed by atoms with Gasteiger partial charge in [-0.05, 0) is 82.0 Å². The van der Waals surface area contributed by atoms with Gasteiger partial charge in [0, 0.05) is 61.4 Å². The molecule has 17 heteroatoms. The number of carbonyl (C=O) groups excluding carboxylic acids is 6. The molecule has 3 aliphatic rings. The van der Waals surface area contributed by atoms with Gasteiger partial charge >= 0.3 is 6.18 Å². The van der Waals surface area contributed by atoms with Gasteiger partial charge in [-0.15, -0.1) is 0 Å². The molecule has 2 fully saturated rings. The zero-order valence-electron chi connectivity index (χ0n) is 34.2. The minimum Gasteiger partial charge on any atom is -0.367 e. The number of H-pyrrole nitrogens is 1. The van der Waals surface area contributed by atoms with Crippen molar-refractivity contribution in [3.05, 3.63) is 116 Å². The maximum Gasteiger partial charge on any atom is 0.417 e. The third-order valence-electron chi connectivity index (χ3n) is 11.9. The van der Waals surface area contributed by atoms with E-state index in [1.807, 2.05) is 25.8 Å². The first-order valence-electron chi connectivity index (χ1n) is 20.3. The number of aryl methyl sites for hydroxylation is 1. The first kappa shape index (κ1) is 43.6. The Labute approximate surface area is 353 Å². The number of piperidine rings is 1. The molecule has 3 aliphatic heterocycles. The van der Waals surface area contributed by atoms with Crippen molar-refractivity contribution in [3.8, 4) is 11.1 Å². The summed E-state index contributed by atoms with van der Waals surface area (Å²) in [6.45, 7) is 5.10. The van der Waals surface area contributed by atoms with Gasteiger partial charge in [0.1, 0.15) is 11.9 Å². The Hall–Kier alpha value is -6.49. The van der Waals surface area contributed by atoms with E-state index < -0.39 is 64.3 Å². The van der Waals surface area contributed by atoms with Crippen molar-refractivity contribution in [2.75, 3.05) is 30.4 Å². The number of unbranched alkanes of at least 4 members (excludes halogenated alkanes) is 2. The van der Waals surface area contributed by atoms with Crippen molar-refractivity contribution in [1.82, 2.24) is 20.1 Å². The van der Waals surface area contributed by atoms with E-state index >= 15 is 4.39 Å². The largest absolute Gasteiger partial charge is 0.417 e. The number of Topliss-reactive ketones (excluding diaryl/α,β-unsaturated/α-hetero) is 1. The minimum absolute atomic E-state index is 0.0135. The number of nitrogens with zero attached hydrogens (tertiary/aromatic N) is 3. The molecule has 4 heterocycles. The first-order chi connectivity index (χ1) is 29.4. The molecule has 62 heavy (non-hydrogen) atoms. The molecule has 3 atom stereocenters. The number of alkyl halides is 3. The summed E-state index contributed by atoms with van der Waals surface area (Å²) in [6, 6.07) is 13.1. The number of carbonyl (C=O) groups is 6. The zero-order valence-corrected chi connectivity index (χ0v) is 34.2. The topological polar surface area (TPSA) is 169 Å². The molecule has 1 aromatic heterocycles. The molecule has 0 saturated carbocycles. The lowest BCUT2D eigenvalue weighted by Crippen LogP contribution is -2.55. The van der Waals surface area contributed by atoms with Gasteiger partial charge in [-0.1, -0.05) is 36.8 Å². The van der Waals surface area contributed by atoms with Gasteiger partial charge in [0.25, 0.3) is 17.7 Å². The molecule has 1 unspecified atom stereocenters. The molecule has 3 aromatic carbocycles. The van der Waals surface area contributed by atoms with Crippen molar-refractivity contribution in [2.24, 2.45) is 0 Å². The third-order valence-corrected chi connectivity index (χ3v) is 11.9. The predicted molar refractivity (Wildman–Crippen MR) is 220 cm³/mol. The predicted octanol–water partition coefficient (Wildman–Crippen LogP) is 6.37. The van der Waals surface area contributed by atoms with Gasteiger partial charge in [0.05, 0.1) is 33.6 Å². The highest BCUT2D eigenvalue weighted by atomic mass is 19.4. The summed E-state index contributed by atoms with van der Waals surface area (Å²) in [6.07, 6.45) is -2.11. The Morgan fingerprint density at radius 1 is 0.871 bits per heavy atom. The van der Waals surface area contributed by atoms with Crippen molar-refractivity contribution in [3.63, 3.8) is 0 Å². The second-order valence-electron chi connectivity index (χ2n) is 16.0. The van der Waals surface area contributed by atoms with Crippen LogP contribution in [0.1, 0.15) is 105 Å². The van der Waals surface area contributed by atoms with E-state index in [0.29, 0.717) is 67.9 Å². The molecule has 0 aliphatic carbocycles. The third kappa shape index (κ3) is 8.80. The fraction of sp³-hybridized carbons (Fsp3) is 0.356. The molecular formula is C45H44F4N6O7. The molecule has 0 spiro atoms. The quantitative estimate of drug-likeness (QED) is 0.0635. The number of anilines is 2. The van der Waals surface area contributed by atoms with E-state index in [1.54, 1.807) is 24.3 Å². The van der Waals surface area contributed by atoms with Gasteiger partial charge in [-0.25, -0.2) is 4.39 Å². The van der Waals surface area contributed by atoms with Gasteiger partial charge in [-0.2, -0.15) is 13.2 Å². The van der Waals surface area contributed by atoms with Crippen molar-refractivity contribution in [1.29, 1.82) is 0 Å². The fourth-order valence-corrected chi connectivity index (χ4v) is 8.40. The highest BCUT2D eigenvalue weighted by Gasteiger charge is 2.45. The number of aromatic amines is 1. The Morgan fingerprint density at radius 2 is 1.61 bits per heavy atom. The van der Waals surface area contributed by atoms with E-state index in [9.17, 15) is 46.7 Å². The molecule has 0 radical (unpaired) electrons. The second-order valence-corrected chi connectivity index (χ2v) is 16.0.